The van der Waals surface area contributed by atoms with E-state index >= 15 is 0 Å². The van der Waals surface area contributed by atoms with Gasteiger partial charge in [-0.3, -0.25) is 9.59 Å². The van der Waals surface area contributed by atoms with E-state index in [2.05, 4.69) is 10.4 Å². The van der Waals surface area contributed by atoms with Gasteiger partial charge in [0.25, 0.3) is 5.91 Å². The molecule has 1 heterocycles. The molecule has 4 aromatic rings. The molecule has 0 unspecified atom stereocenters. The summed E-state index contributed by atoms with van der Waals surface area (Å²) in [6, 6.07) is 21.9. The summed E-state index contributed by atoms with van der Waals surface area (Å²) in [6.45, 7) is 1.91. The zero-order valence-corrected chi connectivity index (χ0v) is 16.0. The molecule has 29 heavy (non-hydrogen) atoms. The number of para-hydroxylation sites is 2. The Morgan fingerprint density at radius 3 is 2.48 bits per heavy atom. The number of rotatable bonds is 4. The molecule has 1 aromatic heterocycles. The fourth-order valence-corrected chi connectivity index (χ4v) is 3.19. The summed E-state index contributed by atoms with van der Waals surface area (Å²) in [6.07, 6.45) is 0. The van der Waals surface area contributed by atoms with Crippen LogP contribution in [0.4, 0.5) is 5.69 Å². The molecule has 4 rings (SSSR count). The van der Waals surface area contributed by atoms with Crippen molar-refractivity contribution in [3.05, 3.63) is 94.3 Å². The van der Waals surface area contributed by atoms with Crippen LogP contribution in [0.5, 0.6) is 5.75 Å². The molecule has 0 spiro atoms. The third-order valence-electron chi connectivity index (χ3n) is 4.61. The van der Waals surface area contributed by atoms with Crippen molar-refractivity contribution in [3.63, 3.8) is 0 Å². The molecule has 0 saturated carbocycles. The van der Waals surface area contributed by atoms with E-state index in [4.69, 9.17) is 4.74 Å². The van der Waals surface area contributed by atoms with Gasteiger partial charge in [-0.25, -0.2) is 4.68 Å². The summed E-state index contributed by atoms with van der Waals surface area (Å²) in [5.41, 5.74) is 2.22. The Labute approximate surface area is 167 Å². The van der Waals surface area contributed by atoms with Crippen LogP contribution in [0.1, 0.15) is 16.1 Å². The molecular weight excluding hydrogens is 366 g/mol. The normalized spacial score (nSPS) is 10.7. The minimum atomic E-state index is -0.589. The number of carbonyl (C=O) groups is 1. The molecule has 6 nitrogen and oxygen atoms in total. The van der Waals surface area contributed by atoms with E-state index in [0.717, 1.165) is 11.3 Å². The minimum absolute atomic E-state index is 0.184. The Morgan fingerprint density at radius 1 is 1.00 bits per heavy atom. The number of ether oxygens (including phenoxy) is 1. The van der Waals surface area contributed by atoms with E-state index in [1.807, 2.05) is 55.5 Å². The third-order valence-corrected chi connectivity index (χ3v) is 4.61. The number of hydrogen-bond acceptors (Lipinski definition) is 4. The van der Waals surface area contributed by atoms with Gasteiger partial charge in [0.1, 0.15) is 5.75 Å². The van der Waals surface area contributed by atoms with Crippen molar-refractivity contribution in [1.29, 1.82) is 0 Å². The van der Waals surface area contributed by atoms with Crippen molar-refractivity contribution in [2.24, 2.45) is 0 Å². The minimum Gasteiger partial charge on any atom is -0.495 e. The monoisotopic (exact) mass is 385 g/mol. The molecule has 1 amide bonds. The van der Waals surface area contributed by atoms with E-state index in [1.165, 1.54) is 7.11 Å². The van der Waals surface area contributed by atoms with Crippen LogP contribution in [0.25, 0.3) is 16.6 Å². The highest BCUT2D eigenvalue weighted by Gasteiger charge is 2.19. The van der Waals surface area contributed by atoms with Crippen molar-refractivity contribution in [2.75, 3.05) is 12.4 Å². The molecule has 3 aromatic carbocycles. The fourth-order valence-electron chi connectivity index (χ4n) is 3.19. The highest BCUT2D eigenvalue weighted by atomic mass is 16.5. The van der Waals surface area contributed by atoms with Crippen LogP contribution in [-0.2, 0) is 0 Å². The van der Waals surface area contributed by atoms with Gasteiger partial charge in [0.2, 0.25) is 5.43 Å². The maximum atomic E-state index is 13.0. The molecule has 0 radical (unpaired) electrons. The van der Waals surface area contributed by atoms with Crippen molar-refractivity contribution in [1.82, 2.24) is 9.78 Å². The number of hydrogen-bond donors (Lipinski definition) is 1. The molecular formula is C23H19N3O3. The molecule has 6 heteroatoms. The topological polar surface area (TPSA) is 73.2 Å². The van der Waals surface area contributed by atoms with Crippen LogP contribution in [0, 0.1) is 6.92 Å². The van der Waals surface area contributed by atoms with Gasteiger partial charge in [-0.05, 0) is 48.9 Å². The van der Waals surface area contributed by atoms with Crippen LogP contribution in [0.3, 0.4) is 0 Å². The SMILES string of the molecule is COc1ccc(C)cc1NC(=O)c1nn(-c2ccccc2)c2ccccc2c1=O. The van der Waals surface area contributed by atoms with E-state index in [-0.39, 0.29) is 5.69 Å². The van der Waals surface area contributed by atoms with Gasteiger partial charge < -0.3 is 10.1 Å². The number of anilines is 1. The maximum Gasteiger partial charge on any atom is 0.280 e. The van der Waals surface area contributed by atoms with Gasteiger partial charge in [-0.1, -0.05) is 36.4 Å². The number of amides is 1. The lowest BCUT2D eigenvalue weighted by Gasteiger charge is -2.13. The predicted octanol–water partition coefficient (Wildman–Crippen LogP) is 3.96. The lowest BCUT2D eigenvalue weighted by atomic mass is 10.1. The molecule has 0 aliphatic carbocycles. The van der Waals surface area contributed by atoms with Crippen molar-refractivity contribution in [3.8, 4) is 11.4 Å². The average molecular weight is 385 g/mol. The molecule has 144 valence electrons. The second-order valence-corrected chi connectivity index (χ2v) is 6.60. The van der Waals surface area contributed by atoms with Crippen LogP contribution in [0.15, 0.2) is 77.6 Å². The van der Waals surface area contributed by atoms with Crippen molar-refractivity contribution in [2.45, 2.75) is 6.92 Å². The van der Waals surface area contributed by atoms with Gasteiger partial charge in [0, 0.05) is 0 Å². The van der Waals surface area contributed by atoms with Gasteiger partial charge in [0.05, 0.1) is 29.4 Å². The zero-order valence-electron chi connectivity index (χ0n) is 16.0. The molecule has 1 N–H and O–H groups in total. The summed E-state index contributed by atoms with van der Waals surface area (Å²) in [7, 11) is 1.52. The first kappa shape index (κ1) is 18.4. The average Bonchev–Trinajstić information content (AvgIpc) is 2.75. The fraction of sp³-hybridized carbons (Fsp3) is 0.0870. The number of fused-ring (bicyclic) bond motifs is 1. The third kappa shape index (κ3) is 3.48. The highest BCUT2D eigenvalue weighted by molar-refractivity contribution is 6.05. The van der Waals surface area contributed by atoms with Crippen LogP contribution in [0.2, 0.25) is 0 Å². The van der Waals surface area contributed by atoms with E-state index in [1.54, 1.807) is 28.9 Å². The largest absolute Gasteiger partial charge is 0.495 e. The van der Waals surface area contributed by atoms with Gasteiger partial charge in [-0.2, -0.15) is 5.10 Å². The summed E-state index contributed by atoms with van der Waals surface area (Å²) < 4.78 is 6.92. The Hall–Kier alpha value is -3.93. The van der Waals surface area contributed by atoms with Crippen molar-refractivity contribution < 1.29 is 9.53 Å². The van der Waals surface area contributed by atoms with Gasteiger partial charge in [-0.15, -0.1) is 0 Å². The number of aryl methyl sites for hydroxylation is 1. The highest BCUT2D eigenvalue weighted by Crippen LogP contribution is 2.25. The molecule has 0 bridgehead atoms. The molecule has 0 saturated heterocycles. The lowest BCUT2D eigenvalue weighted by molar-refractivity contribution is 0.101. The first-order chi connectivity index (χ1) is 14.1. The number of nitrogens with zero attached hydrogens (tertiary/aromatic N) is 2. The maximum absolute atomic E-state index is 13.0. The quantitative estimate of drug-likeness (QED) is 0.577. The Bertz CT molecular complexity index is 1260. The summed E-state index contributed by atoms with van der Waals surface area (Å²) in [5.74, 6) is -0.0811. The Balaban J connectivity index is 1.86. The number of benzene rings is 3. The second-order valence-electron chi connectivity index (χ2n) is 6.60. The van der Waals surface area contributed by atoms with Crippen LogP contribution < -0.4 is 15.5 Å². The van der Waals surface area contributed by atoms with Gasteiger partial charge in [0.15, 0.2) is 5.69 Å². The Kier molecular flexibility index (Phi) is 4.83. The smallest absolute Gasteiger partial charge is 0.280 e. The summed E-state index contributed by atoms with van der Waals surface area (Å²) in [4.78, 5) is 26.0. The first-order valence-corrected chi connectivity index (χ1v) is 9.12. The molecule has 0 aliphatic heterocycles. The lowest BCUT2D eigenvalue weighted by Crippen LogP contribution is -2.27. The van der Waals surface area contributed by atoms with E-state index in [0.29, 0.717) is 22.3 Å². The first-order valence-electron chi connectivity index (χ1n) is 9.12. The number of carbonyl (C=O) groups excluding carboxylic acids is 1. The molecule has 0 aliphatic rings. The summed E-state index contributed by atoms with van der Waals surface area (Å²) >= 11 is 0. The zero-order chi connectivity index (χ0) is 20.4. The predicted molar refractivity (Wildman–Crippen MR) is 113 cm³/mol. The van der Waals surface area contributed by atoms with Crippen molar-refractivity contribution >= 4 is 22.5 Å². The molecule has 0 atom stereocenters. The van der Waals surface area contributed by atoms with E-state index < -0.39 is 11.3 Å². The standard InChI is InChI=1S/C23H19N3O3/c1-15-12-13-20(29-2)18(14-15)24-23(28)21-22(27)17-10-6-7-11-19(17)26(25-21)16-8-4-3-5-9-16/h3-14H,1-2H3,(H,24,28). The molecule has 0 fully saturated rings. The van der Waals surface area contributed by atoms with Crippen LogP contribution >= 0.6 is 0 Å². The van der Waals surface area contributed by atoms with E-state index in [9.17, 15) is 9.59 Å². The second kappa shape index (κ2) is 7.59. The number of nitrogens with one attached hydrogen (secondary N) is 1. The van der Waals surface area contributed by atoms with Gasteiger partial charge >= 0.3 is 0 Å². The Morgan fingerprint density at radius 2 is 1.72 bits per heavy atom. The number of methoxy groups -OCH3 is 1. The summed E-state index contributed by atoms with van der Waals surface area (Å²) in [5, 5.41) is 7.58. The van der Waals surface area contributed by atoms with Crippen LogP contribution in [-0.4, -0.2) is 22.8 Å². The number of aromatic nitrogens is 2.